The molecule has 0 aliphatic rings. The van der Waals surface area contributed by atoms with Crippen molar-refractivity contribution < 1.29 is 9.21 Å². The first kappa shape index (κ1) is 19.4. The van der Waals surface area contributed by atoms with Gasteiger partial charge in [0.2, 0.25) is 11.8 Å². The Morgan fingerprint density at radius 3 is 2.48 bits per heavy atom. The van der Waals surface area contributed by atoms with E-state index in [9.17, 15) is 4.79 Å². The summed E-state index contributed by atoms with van der Waals surface area (Å²) in [5.74, 6) is 1.50. The third-order valence-corrected chi connectivity index (χ3v) is 6.00. The molecule has 0 saturated carbocycles. The van der Waals surface area contributed by atoms with Gasteiger partial charge in [-0.05, 0) is 31.2 Å². The van der Waals surface area contributed by atoms with Gasteiger partial charge >= 0.3 is 0 Å². The van der Waals surface area contributed by atoms with E-state index in [2.05, 4.69) is 9.97 Å². The van der Waals surface area contributed by atoms with Gasteiger partial charge in [-0.15, -0.1) is 23.1 Å². The Morgan fingerprint density at radius 1 is 1.07 bits per heavy atom. The molecule has 0 N–H and O–H groups in total. The van der Waals surface area contributed by atoms with Gasteiger partial charge in [0.05, 0.1) is 22.8 Å². The number of thioether (sulfide) groups is 1. The summed E-state index contributed by atoms with van der Waals surface area (Å²) in [7, 11) is 0. The van der Waals surface area contributed by atoms with Crippen LogP contribution in [0.3, 0.4) is 0 Å². The minimum absolute atomic E-state index is 0.0117. The Kier molecular flexibility index (Phi) is 6.07. The van der Waals surface area contributed by atoms with Crippen LogP contribution in [0.4, 0.5) is 10.8 Å². The molecule has 5 nitrogen and oxygen atoms in total. The van der Waals surface area contributed by atoms with Crippen molar-refractivity contribution in [1.29, 1.82) is 0 Å². The summed E-state index contributed by atoms with van der Waals surface area (Å²) in [6, 6.07) is 19.4. The number of carbonyl (C=O) groups is 1. The van der Waals surface area contributed by atoms with Gasteiger partial charge in [0, 0.05) is 16.7 Å². The lowest BCUT2D eigenvalue weighted by molar-refractivity contribution is -0.115. The summed E-state index contributed by atoms with van der Waals surface area (Å²) in [4.78, 5) is 23.7. The van der Waals surface area contributed by atoms with Gasteiger partial charge in [-0.3, -0.25) is 9.69 Å². The summed E-state index contributed by atoms with van der Waals surface area (Å²) in [6.45, 7) is 1.93. The van der Waals surface area contributed by atoms with Gasteiger partial charge < -0.3 is 4.42 Å². The lowest BCUT2D eigenvalue weighted by Gasteiger charge is -2.19. The lowest BCUT2D eigenvalue weighted by Crippen LogP contribution is -2.27. The minimum Gasteiger partial charge on any atom is -0.444 e. The average molecular weight is 422 g/mol. The fourth-order valence-electron chi connectivity index (χ4n) is 2.78. The number of benzene rings is 2. The average Bonchev–Trinajstić information content (AvgIpc) is 3.39. The first-order valence-corrected chi connectivity index (χ1v) is 11.1. The molecule has 0 aliphatic carbocycles. The van der Waals surface area contributed by atoms with Gasteiger partial charge in [0.15, 0.2) is 5.13 Å². The lowest BCUT2D eigenvalue weighted by atomic mass is 10.2. The minimum atomic E-state index is -0.0117. The molecule has 29 heavy (non-hydrogen) atoms. The highest BCUT2D eigenvalue weighted by Gasteiger charge is 2.21. The summed E-state index contributed by atoms with van der Waals surface area (Å²) < 4.78 is 5.57. The molecule has 4 rings (SSSR count). The molecule has 0 aliphatic heterocycles. The molecular weight excluding hydrogens is 402 g/mol. The smallest absolute Gasteiger partial charge is 0.243 e. The second-order valence-electron chi connectivity index (χ2n) is 6.34. The normalized spacial score (nSPS) is 10.8. The predicted octanol–water partition coefficient (Wildman–Crippen LogP) is 5.70. The maximum atomic E-state index is 13.0. The molecule has 1 amide bonds. The fourth-order valence-corrected chi connectivity index (χ4v) is 4.36. The molecule has 0 fully saturated rings. The maximum absolute atomic E-state index is 13.0. The molecule has 0 atom stereocenters. The van der Waals surface area contributed by atoms with E-state index in [1.54, 1.807) is 11.2 Å². The van der Waals surface area contributed by atoms with Crippen LogP contribution < -0.4 is 4.90 Å². The first-order chi connectivity index (χ1) is 14.2. The molecule has 0 radical (unpaired) electrons. The zero-order valence-corrected chi connectivity index (χ0v) is 17.5. The standard InChI is InChI=1S/C22H19N3O2S2/c1-16-13-29-22(23-16)25(19-10-6-3-7-11-19)20(26)15-28-14-18-12-27-21(24-18)17-8-4-2-5-9-17/h2-13H,14-15H2,1H3. The SMILES string of the molecule is Cc1csc(N(C(=O)CSCc2coc(-c3ccccc3)n2)c2ccccc2)n1. The van der Waals surface area contributed by atoms with Gasteiger partial charge in [0.25, 0.3) is 0 Å². The van der Waals surface area contributed by atoms with Crippen LogP contribution in [0.5, 0.6) is 0 Å². The number of aromatic nitrogens is 2. The third kappa shape index (κ3) is 4.75. The molecule has 0 bridgehead atoms. The van der Waals surface area contributed by atoms with E-state index in [1.165, 1.54) is 23.1 Å². The molecule has 4 aromatic rings. The fraction of sp³-hybridized carbons (Fsp3) is 0.136. The van der Waals surface area contributed by atoms with Gasteiger partial charge in [-0.25, -0.2) is 9.97 Å². The number of amides is 1. The van der Waals surface area contributed by atoms with Crippen molar-refractivity contribution in [1.82, 2.24) is 9.97 Å². The van der Waals surface area contributed by atoms with Crippen molar-refractivity contribution >= 4 is 39.8 Å². The van der Waals surface area contributed by atoms with Crippen LogP contribution in [-0.2, 0) is 10.5 Å². The van der Waals surface area contributed by atoms with E-state index >= 15 is 0 Å². The van der Waals surface area contributed by atoms with Crippen LogP contribution in [0.1, 0.15) is 11.4 Å². The van der Waals surface area contributed by atoms with Gasteiger partial charge in [-0.1, -0.05) is 36.4 Å². The monoisotopic (exact) mass is 421 g/mol. The topological polar surface area (TPSA) is 59.2 Å². The van der Waals surface area contributed by atoms with Crippen molar-refractivity contribution in [3.63, 3.8) is 0 Å². The molecular formula is C22H19N3O2S2. The van der Waals surface area contributed by atoms with Crippen LogP contribution >= 0.6 is 23.1 Å². The Morgan fingerprint density at radius 2 is 1.79 bits per heavy atom. The molecule has 0 unspecified atom stereocenters. The number of thiazole rings is 1. The number of nitrogens with zero attached hydrogens (tertiary/aromatic N) is 3. The number of anilines is 2. The van der Waals surface area contributed by atoms with E-state index in [4.69, 9.17) is 4.42 Å². The second kappa shape index (κ2) is 9.07. The molecule has 2 aromatic heterocycles. The quantitative estimate of drug-likeness (QED) is 0.383. The van der Waals surface area contributed by atoms with Crippen molar-refractivity contribution in [2.75, 3.05) is 10.7 Å². The summed E-state index contributed by atoms with van der Waals surface area (Å²) in [5, 5.41) is 2.64. The number of hydrogen-bond acceptors (Lipinski definition) is 6. The predicted molar refractivity (Wildman–Crippen MR) is 119 cm³/mol. The summed E-state index contributed by atoms with van der Waals surface area (Å²) in [6.07, 6.45) is 1.65. The molecule has 0 saturated heterocycles. The Balaban J connectivity index is 1.42. The highest BCUT2D eigenvalue weighted by molar-refractivity contribution is 7.99. The highest BCUT2D eigenvalue weighted by atomic mass is 32.2. The number of rotatable bonds is 7. The van der Waals surface area contributed by atoms with Crippen LogP contribution in [0, 0.1) is 6.92 Å². The molecule has 2 heterocycles. The van der Waals surface area contributed by atoms with Crippen molar-refractivity contribution in [2.45, 2.75) is 12.7 Å². The summed E-state index contributed by atoms with van der Waals surface area (Å²) in [5.41, 5.74) is 3.48. The number of oxazole rings is 1. The highest BCUT2D eigenvalue weighted by Crippen LogP contribution is 2.29. The second-order valence-corrected chi connectivity index (χ2v) is 8.16. The Labute approximate surface area is 177 Å². The van der Waals surface area contributed by atoms with Crippen molar-refractivity contribution in [2.24, 2.45) is 0 Å². The number of aryl methyl sites for hydroxylation is 1. The van der Waals surface area contributed by atoms with Crippen molar-refractivity contribution in [3.8, 4) is 11.5 Å². The van der Waals surface area contributed by atoms with Crippen LogP contribution in [-0.4, -0.2) is 21.6 Å². The van der Waals surface area contributed by atoms with E-state index < -0.39 is 0 Å². The first-order valence-electron chi connectivity index (χ1n) is 9.08. The molecule has 7 heteroatoms. The molecule has 146 valence electrons. The Bertz CT molecular complexity index is 1080. The van der Waals surface area contributed by atoms with E-state index in [0.29, 0.717) is 22.5 Å². The van der Waals surface area contributed by atoms with E-state index in [-0.39, 0.29) is 5.91 Å². The van der Waals surface area contributed by atoms with Crippen LogP contribution in [0.15, 0.2) is 76.7 Å². The van der Waals surface area contributed by atoms with E-state index in [0.717, 1.165) is 22.6 Å². The number of para-hydroxylation sites is 1. The van der Waals surface area contributed by atoms with E-state index in [1.807, 2.05) is 73.0 Å². The number of hydrogen-bond donors (Lipinski definition) is 0. The number of carbonyl (C=O) groups excluding carboxylic acids is 1. The molecule has 2 aromatic carbocycles. The Hall–Kier alpha value is -2.90. The zero-order chi connectivity index (χ0) is 20.1. The van der Waals surface area contributed by atoms with Gasteiger partial charge in [0.1, 0.15) is 6.26 Å². The van der Waals surface area contributed by atoms with Crippen LogP contribution in [0.25, 0.3) is 11.5 Å². The largest absolute Gasteiger partial charge is 0.444 e. The zero-order valence-electron chi connectivity index (χ0n) is 15.8. The summed E-state index contributed by atoms with van der Waals surface area (Å²) >= 11 is 2.98. The van der Waals surface area contributed by atoms with Crippen molar-refractivity contribution in [3.05, 3.63) is 83.7 Å². The molecule has 0 spiro atoms. The maximum Gasteiger partial charge on any atom is 0.243 e. The van der Waals surface area contributed by atoms with Gasteiger partial charge in [-0.2, -0.15) is 0 Å². The third-order valence-electron chi connectivity index (χ3n) is 4.11. The van der Waals surface area contributed by atoms with Crippen LogP contribution in [0.2, 0.25) is 0 Å².